The SMILES string of the molecule is C[C@H]1CNCCN1CC(=O)N(Cc1ccccc1)C1CC1.Cl. The molecule has 4 nitrogen and oxygen atoms in total. The maximum Gasteiger partial charge on any atom is 0.237 e. The normalized spacial score (nSPS) is 22.0. The molecule has 1 heterocycles. The molecule has 2 fully saturated rings. The Labute approximate surface area is 139 Å². The van der Waals surface area contributed by atoms with Crippen molar-refractivity contribution in [1.29, 1.82) is 0 Å². The van der Waals surface area contributed by atoms with Gasteiger partial charge in [0.15, 0.2) is 0 Å². The first-order valence-corrected chi connectivity index (χ1v) is 8.02. The van der Waals surface area contributed by atoms with Gasteiger partial charge in [-0.3, -0.25) is 9.69 Å². The van der Waals surface area contributed by atoms with E-state index in [1.54, 1.807) is 0 Å². The van der Waals surface area contributed by atoms with Crippen LogP contribution >= 0.6 is 12.4 Å². The fraction of sp³-hybridized carbons (Fsp3) is 0.588. The molecule has 1 aromatic rings. The van der Waals surface area contributed by atoms with E-state index in [4.69, 9.17) is 0 Å². The van der Waals surface area contributed by atoms with E-state index >= 15 is 0 Å². The van der Waals surface area contributed by atoms with Crippen LogP contribution in [0.2, 0.25) is 0 Å². The van der Waals surface area contributed by atoms with Crippen molar-refractivity contribution in [2.45, 2.75) is 38.4 Å². The fourth-order valence-corrected chi connectivity index (χ4v) is 2.97. The highest BCUT2D eigenvalue weighted by molar-refractivity contribution is 5.85. The van der Waals surface area contributed by atoms with E-state index in [1.165, 1.54) is 5.56 Å². The molecule has 1 aliphatic heterocycles. The molecule has 0 unspecified atom stereocenters. The van der Waals surface area contributed by atoms with Crippen LogP contribution in [0.5, 0.6) is 0 Å². The zero-order valence-corrected chi connectivity index (χ0v) is 14.0. The zero-order valence-electron chi connectivity index (χ0n) is 13.2. The molecule has 1 amide bonds. The van der Waals surface area contributed by atoms with Gasteiger partial charge in [-0.05, 0) is 25.3 Å². The van der Waals surface area contributed by atoms with Gasteiger partial charge in [-0.15, -0.1) is 12.4 Å². The molecule has 122 valence electrons. The minimum Gasteiger partial charge on any atom is -0.334 e. The summed E-state index contributed by atoms with van der Waals surface area (Å²) in [7, 11) is 0. The average molecular weight is 324 g/mol. The number of carbonyl (C=O) groups excluding carboxylic acids is 1. The Morgan fingerprint density at radius 1 is 1.32 bits per heavy atom. The number of carbonyl (C=O) groups is 1. The van der Waals surface area contributed by atoms with Crippen LogP contribution in [0.15, 0.2) is 30.3 Å². The summed E-state index contributed by atoms with van der Waals surface area (Å²) in [5.74, 6) is 0.287. The fourth-order valence-electron chi connectivity index (χ4n) is 2.97. The molecular formula is C17H26ClN3O. The predicted octanol–water partition coefficient (Wildman–Crippen LogP) is 1.89. The second-order valence-electron chi connectivity index (χ2n) is 6.26. The van der Waals surface area contributed by atoms with Crippen molar-refractivity contribution < 1.29 is 4.79 Å². The monoisotopic (exact) mass is 323 g/mol. The molecule has 0 bridgehead atoms. The van der Waals surface area contributed by atoms with E-state index in [0.717, 1.165) is 39.0 Å². The molecule has 3 rings (SSSR count). The molecule has 1 N–H and O–H groups in total. The summed E-state index contributed by atoms with van der Waals surface area (Å²) in [5, 5.41) is 3.38. The summed E-state index contributed by atoms with van der Waals surface area (Å²) >= 11 is 0. The van der Waals surface area contributed by atoms with E-state index in [9.17, 15) is 4.79 Å². The molecule has 1 saturated carbocycles. The van der Waals surface area contributed by atoms with E-state index in [-0.39, 0.29) is 18.3 Å². The summed E-state index contributed by atoms with van der Waals surface area (Å²) in [6, 6.07) is 11.2. The number of rotatable bonds is 5. The summed E-state index contributed by atoms with van der Waals surface area (Å²) in [4.78, 5) is 17.1. The van der Waals surface area contributed by atoms with Crippen LogP contribution in [0.4, 0.5) is 0 Å². The Morgan fingerprint density at radius 2 is 2.05 bits per heavy atom. The predicted molar refractivity (Wildman–Crippen MR) is 91.2 cm³/mol. The zero-order chi connectivity index (χ0) is 14.7. The van der Waals surface area contributed by atoms with Crippen LogP contribution in [-0.2, 0) is 11.3 Å². The third kappa shape index (κ3) is 4.45. The Hall–Kier alpha value is -1.10. The van der Waals surface area contributed by atoms with E-state index in [1.807, 2.05) is 18.2 Å². The Kier molecular flexibility index (Phi) is 6.24. The van der Waals surface area contributed by atoms with Crippen LogP contribution in [0.1, 0.15) is 25.3 Å². The molecular weight excluding hydrogens is 298 g/mol. The number of benzene rings is 1. The first-order valence-electron chi connectivity index (χ1n) is 8.02. The van der Waals surface area contributed by atoms with Gasteiger partial charge in [-0.25, -0.2) is 0 Å². The van der Waals surface area contributed by atoms with E-state index in [2.05, 4.69) is 34.2 Å². The molecule has 1 saturated heterocycles. The standard InChI is InChI=1S/C17H25N3O.ClH/c1-14-11-18-9-10-19(14)13-17(21)20(16-7-8-16)12-15-5-3-2-4-6-15;/h2-6,14,16,18H,7-13H2,1H3;1H/t14-;/m0./s1. The highest BCUT2D eigenvalue weighted by Gasteiger charge is 2.33. The van der Waals surface area contributed by atoms with Crippen molar-refractivity contribution in [3.05, 3.63) is 35.9 Å². The Morgan fingerprint density at radius 3 is 2.68 bits per heavy atom. The van der Waals surface area contributed by atoms with Crippen molar-refractivity contribution in [3.63, 3.8) is 0 Å². The Balaban J connectivity index is 0.00000176. The topological polar surface area (TPSA) is 35.6 Å². The number of nitrogens with zero attached hydrogens (tertiary/aromatic N) is 2. The van der Waals surface area contributed by atoms with E-state index in [0.29, 0.717) is 18.6 Å². The van der Waals surface area contributed by atoms with Gasteiger partial charge in [0.1, 0.15) is 0 Å². The lowest BCUT2D eigenvalue weighted by atomic mass is 10.2. The lowest BCUT2D eigenvalue weighted by Gasteiger charge is -2.35. The molecule has 0 aromatic heterocycles. The van der Waals surface area contributed by atoms with Crippen molar-refractivity contribution in [3.8, 4) is 0 Å². The third-order valence-electron chi connectivity index (χ3n) is 4.48. The molecule has 1 aliphatic carbocycles. The smallest absolute Gasteiger partial charge is 0.237 e. The first-order chi connectivity index (χ1) is 10.2. The maximum absolute atomic E-state index is 12.7. The minimum absolute atomic E-state index is 0. The van der Waals surface area contributed by atoms with Gasteiger partial charge in [0.05, 0.1) is 6.54 Å². The number of halogens is 1. The molecule has 0 radical (unpaired) electrons. The van der Waals surface area contributed by atoms with Crippen molar-refractivity contribution in [1.82, 2.24) is 15.1 Å². The summed E-state index contributed by atoms with van der Waals surface area (Å²) in [6.07, 6.45) is 2.32. The Bertz CT molecular complexity index is 478. The number of hydrogen-bond acceptors (Lipinski definition) is 3. The third-order valence-corrected chi connectivity index (χ3v) is 4.48. The van der Waals surface area contributed by atoms with Crippen LogP contribution < -0.4 is 5.32 Å². The molecule has 1 atom stereocenters. The van der Waals surface area contributed by atoms with Crippen LogP contribution in [0.3, 0.4) is 0 Å². The van der Waals surface area contributed by atoms with Gasteiger partial charge in [-0.2, -0.15) is 0 Å². The number of nitrogens with one attached hydrogen (secondary N) is 1. The highest BCUT2D eigenvalue weighted by Crippen LogP contribution is 2.28. The summed E-state index contributed by atoms with van der Waals surface area (Å²) < 4.78 is 0. The molecule has 2 aliphatic rings. The van der Waals surface area contributed by atoms with Gasteiger partial charge in [-0.1, -0.05) is 30.3 Å². The molecule has 5 heteroatoms. The minimum atomic E-state index is 0. The number of amides is 1. The van der Waals surface area contributed by atoms with Crippen molar-refractivity contribution in [2.75, 3.05) is 26.2 Å². The molecule has 0 spiro atoms. The second kappa shape index (κ2) is 7.95. The van der Waals surface area contributed by atoms with E-state index < -0.39 is 0 Å². The van der Waals surface area contributed by atoms with Crippen LogP contribution in [-0.4, -0.2) is 54.0 Å². The summed E-state index contributed by atoms with van der Waals surface area (Å²) in [6.45, 7) is 6.45. The lowest BCUT2D eigenvalue weighted by Crippen LogP contribution is -2.53. The maximum atomic E-state index is 12.7. The van der Waals surface area contributed by atoms with Gasteiger partial charge in [0.25, 0.3) is 0 Å². The average Bonchev–Trinajstić information content (AvgIpc) is 3.33. The second-order valence-corrected chi connectivity index (χ2v) is 6.26. The van der Waals surface area contributed by atoms with Crippen molar-refractivity contribution >= 4 is 18.3 Å². The number of hydrogen-bond donors (Lipinski definition) is 1. The van der Waals surface area contributed by atoms with Crippen LogP contribution in [0.25, 0.3) is 0 Å². The lowest BCUT2D eigenvalue weighted by molar-refractivity contribution is -0.134. The summed E-state index contributed by atoms with van der Waals surface area (Å²) in [5.41, 5.74) is 1.23. The largest absolute Gasteiger partial charge is 0.334 e. The number of piperazine rings is 1. The van der Waals surface area contributed by atoms with Gasteiger partial charge in [0, 0.05) is 38.3 Å². The highest BCUT2D eigenvalue weighted by atomic mass is 35.5. The van der Waals surface area contributed by atoms with Gasteiger partial charge >= 0.3 is 0 Å². The quantitative estimate of drug-likeness (QED) is 0.899. The molecule has 1 aromatic carbocycles. The van der Waals surface area contributed by atoms with Gasteiger partial charge < -0.3 is 10.2 Å². The van der Waals surface area contributed by atoms with Crippen molar-refractivity contribution in [2.24, 2.45) is 0 Å². The molecule has 22 heavy (non-hydrogen) atoms. The van der Waals surface area contributed by atoms with Gasteiger partial charge in [0.2, 0.25) is 5.91 Å². The van der Waals surface area contributed by atoms with Crippen LogP contribution in [0, 0.1) is 0 Å². The first kappa shape index (κ1) is 17.3.